The molecule has 0 aromatic carbocycles. The molecule has 0 saturated carbocycles. The van der Waals surface area contributed by atoms with Crippen molar-refractivity contribution in [1.82, 2.24) is 0 Å². The van der Waals surface area contributed by atoms with Crippen molar-refractivity contribution in [3.63, 3.8) is 0 Å². The van der Waals surface area contributed by atoms with Gasteiger partial charge in [-0.2, -0.15) is 0 Å². The standard InChI is InChI=1S/C67H120O6/c1-4-7-10-13-16-19-22-25-28-30-31-32-33-34-35-37-39-42-45-48-51-54-57-60-66(69)72-63-64(62-71-65(68)59-56-53-50-47-44-41-38-27-24-21-18-15-12-9-6-3)73-67(70)61-58-55-52-49-46-43-40-36-29-26-23-20-17-14-11-8-5-2/h7,10,16,19,25,28,31-32,34-35,64H,4-6,8-9,11-15,17-18,20-24,26-27,29-30,33,36-63H2,1-3H3/b10-7-,19-16-,28-25-,32-31-,35-34-. The number of hydrogen-bond donors (Lipinski definition) is 0. The fourth-order valence-electron chi connectivity index (χ4n) is 9.30. The van der Waals surface area contributed by atoms with Crippen LogP contribution in [0.5, 0.6) is 0 Å². The highest BCUT2D eigenvalue weighted by atomic mass is 16.6. The highest BCUT2D eigenvalue weighted by Gasteiger charge is 2.19. The van der Waals surface area contributed by atoms with E-state index in [-0.39, 0.29) is 31.1 Å². The van der Waals surface area contributed by atoms with Crippen LogP contribution in [0.1, 0.15) is 329 Å². The van der Waals surface area contributed by atoms with E-state index in [2.05, 4.69) is 81.5 Å². The SMILES string of the molecule is CC/C=C\C/C=C\C/C=C\C/C=C\C/C=C\CCCCCCCCCC(=O)OCC(COC(=O)CCCCCCCCCCCCCCCCC)OC(=O)CCCCCCCCCCCCCCCCCCC. The van der Waals surface area contributed by atoms with Gasteiger partial charge in [-0.3, -0.25) is 14.4 Å². The molecule has 0 spiro atoms. The van der Waals surface area contributed by atoms with Gasteiger partial charge in [0.05, 0.1) is 0 Å². The van der Waals surface area contributed by atoms with E-state index in [9.17, 15) is 14.4 Å². The monoisotopic (exact) mass is 1020 g/mol. The maximum atomic E-state index is 12.9. The molecule has 0 aromatic rings. The molecule has 6 nitrogen and oxygen atoms in total. The van der Waals surface area contributed by atoms with Crippen LogP contribution in [0.25, 0.3) is 0 Å². The lowest BCUT2D eigenvalue weighted by atomic mass is 10.0. The Hall–Kier alpha value is -2.89. The van der Waals surface area contributed by atoms with E-state index in [1.807, 2.05) is 0 Å². The maximum absolute atomic E-state index is 12.9. The van der Waals surface area contributed by atoms with Crippen LogP contribution in [0.4, 0.5) is 0 Å². The lowest BCUT2D eigenvalue weighted by molar-refractivity contribution is -0.167. The number of esters is 3. The van der Waals surface area contributed by atoms with Crippen molar-refractivity contribution < 1.29 is 28.6 Å². The van der Waals surface area contributed by atoms with E-state index in [0.717, 1.165) is 96.3 Å². The first-order valence-corrected chi connectivity index (χ1v) is 31.8. The van der Waals surface area contributed by atoms with Gasteiger partial charge in [-0.1, -0.05) is 306 Å². The highest BCUT2D eigenvalue weighted by Crippen LogP contribution is 2.17. The number of ether oxygens (including phenoxy) is 3. The third kappa shape index (κ3) is 59.9. The fourth-order valence-corrected chi connectivity index (χ4v) is 9.30. The van der Waals surface area contributed by atoms with Crippen LogP contribution in [0.15, 0.2) is 60.8 Å². The Labute approximate surface area is 453 Å². The van der Waals surface area contributed by atoms with Gasteiger partial charge in [0, 0.05) is 19.3 Å². The predicted octanol–water partition coefficient (Wildman–Crippen LogP) is 21.6. The molecular formula is C67H120O6. The molecule has 0 amide bonds. The highest BCUT2D eigenvalue weighted by molar-refractivity contribution is 5.71. The van der Waals surface area contributed by atoms with Gasteiger partial charge in [-0.15, -0.1) is 0 Å². The Kier molecular flexibility index (Phi) is 59.2. The summed E-state index contributed by atoms with van der Waals surface area (Å²) in [6.45, 7) is 6.57. The Bertz CT molecular complexity index is 1310. The van der Waals surface area contributed by atoms with Gasteiger partial charge in [0.15, 0.2) is 6.10 Å². The molecule has 0 fully saturated rings. The van der Waals surface area contributed by atoms with Crippen LogP contribution in [0.3, 0.4) is 0 Å². The summed E-state index contributed by atoms with van der Waals surface area (Å²) in [7, 11) is 0. The lowest BCUT2D eigenvalue weighted by Gasteiger charge is -2.18. The molecule has 0 rings (SSSR count). The van der Waals surface area contributed by atoms with Gasteiger partial charge >= 0.3 is 17.9 Å². The van der Waals surface area contributed by atoms with Crippen LogP contribution in [0, 0.1) is 0 Å². The molecule has 0 aromatic heterocycles. The topological polar surface area (TPSA) is 78.9 Å². The molecule has 0 radical (unpaired) electrons. The zero-order valence-electron chi connectivity index (χ0n) is 48.7. The van der Waals surface area contributed by atoms with Gasteiger partial charge in [-0.05, 0) is 64.2 Å². The maximum Gasteiger partial charge on any atom is 0.306 e. The molecule has 0 saturated heterocycles. The normalized spacial score (nSPS) is 12.4. The number of carbonyl (C=O) groups is 3. The molecular weight excluding hydrogens is 901 g/mol. The van der Waals surface area contributed by atoms with Crippen molar-refractivity contribution in [3.05, 3.63) is 60.8 Å². The number of rotatable bonds is 58. The first-order chi connectivity index (χ1) is 36.0. The van der Waals surface area contributed by atoms with Gasteiger partial charge < -0.3 is 14.2 Å². The minimum atomic E-state index is -0.776. The molecule has 6 heteroatoms. The summed E-state index contributed by atoms with van der Waals surface area (Å²) in [4.78, 5) is 38.3. The summed E-state index contributed by atoms with van der Waals surface area (Å²) in [5, 5.41) is 0. The van der Waals surface area contributed by atoms with Crippen molar-refractivity contribution in [3.8, 4) is 0 Å². The lowest BCUT2D eigenvalue weighted by Crippen LogP contribution is -2.30. The molecule has 0 heterocycles. The Morgan fingerprint density at radius 1 is 0.288 bits per heavy atom. The number of unbranched alkanes of at least 4 members (excludes halogenated alkanes) is 37. The molecule has 424 valence electrons. The number of hydrogen-bond acceptors (Lipinski definition) is 6. The quantitative estimate of drug-likeness (QED) is 0.0261. The van der Waals surface area contributed by atoms with Gasteiger partial charge in [0.2, 0.25) is 0 Å². The summed E-state index contributed by atoms with van der Waals surface area (Å²) < 4.78 is 16.9. The third-order valence-electron chi connectivity index (χ3n) is 14.0. The number of allylic oxidation sites excluding steroid dienone is 10. The minimum absolute atomic E-state index is 0.0727. The number of carbonyl (C=O) groups excluding carboxylic acids is 3. The molecule has 73 heavy (non-hydrogen) atoms. The summed E-state index contributed by atoms with van der Waals surface area (Å²) in [6, 6.07) is 0. The zero-order chi connectivity index (χ0) is 52.9. The minimum Gasteiger partial charge on any atom is -0.462 e. The van der Waals surface area contributed by atoms with Crippen LogP contribution in [0.2, 0.25) is 0 Å². The summed E-state index contributed by atoms with van der Waals surface area (Å²) in [6.07, 6.45) is 77.9. The van der Waals surface area contributed by atoms with Crippen LogP contribution < -0.4 is 0 Å². The van der Waals surface area contributed by atoms with Crippen LogP contribution >= 0.6 is 0 Å². The molecule has 0 N–H and O–H groups in total. The third-order valence-corrected chi connectivity index (χ3v) is 14.0. The first kappa shape index (κ1) is 70.1. The molecule has 0 aliphatic rings. The van der Waals surface area contributed by atoms with Crippen LogP contribution in [-0.4, -0.2) is 37.2 Å². The summed E-state index contributed by atoms with van der Waals surface area (Å²) in [5.74, 6) is -0.863. The zero-order valence-corrected chi connectivity index (χ0v) is 48.7. The van der Waals surface area contributed by atoms with Crippen molar-refractivity contribution in [2.45, 2.75) is 335 Å². The Morgan fingerprint density at radius 2 is 0.534 bits per heavy atom. The molecule has 0 aliphatic heterocycles. The first-order valence-electron chi connectivity index (χ1n) is 31.8. The van der Waals surface area contributed by atoms with E-state index in [0.29, 0.717) is 19.3 Å². The molecule has 0 aliphatic carbocycles. The smallest absolute Gasteiger partial charge is 0.306 e. The van der Waals surface area contributed by atoms with E-state index in [4.69, 9.17) is 14.2 Å². The van der Waals surface area contributed by atoms with Crippen molar-refractivity contribution in [2.24, 2.45) is 0 Å². The van der Waals surface area contributed by atoms with E-state index in [1.54, 1.807) is 0 Å². The average Bonchev–Trinajstić information content (AvgIpc) is 3.39. The van der Waals surface area contributed by atoms with E-state index >= 15 is 0 Å². The largest absolute Gasteiger partial charge is 0.462 e. The Balaban J connectivity index is 4.34. The summed E-state index contributed by atoms with van der Waals surface area (Å²) >= 11 is 0. The predicted molar refractivity (Wildman–Crippen MR) is 316 cm³/mol. The second-order valence-corrected chi connectivity index (χ2v) is 21.3. The van der Waals surface area contributed by atoms with E-state index < -0.39 is 6.10 Å². The van der Waals surface area contributed by atoms with Gasteiger partial charge in [-0.25, -0.2) is 0 Å². The fraction of sp³-hybridized carbons (Fsp3) is 0.806. The second-order valence-electron chi connectivity index (χ2n) is 21.3. The van der Waals surface area contributed by atoms with Crippen molar-refractivity contribution in [1.29, 1.82) is 0 Å². The van der Waals surface area contributed by atoms with Gasteiger partial charge in [0.1, 0.15) is 13.2 Å². The Morgan fingerprint density at radius 3 is 0.836 bits per heavy atom. The molecule has 1 atom stereocenters. The van der Waals surface area contributed by atoms with Crippen molar-refractivity contribution >= 4 is 17.9 Å². The van der Waals surface area contributed by atoms with E-state index in [1.165, 1.54) is 193 Å². The molecule has 0 bridgehead atoms. The second kappa shape index (κ2) is 61.7. The van der Waals surface area contributed by atoms with Gasteiger partial charge in [0.25, 0.3) is 0 Å². The average molecular weight is 1020 g/mol. The summed E-state index contributed by atoms with van der Waals surface area (Å²) in [5.41, 5.74) is 0. The molecule has 1 unspecified atom stereocenters. The van der Waals surface area contributed by atoms with Crippen molar-refractivity contribution in [2.75, 3.05) is 13.2 Å². The van der Waals surface area contributed by atoms with Crippen LogP contribution in [-0.2, 0) is 28.6 Å².